The second-order valence-electron chi connectivity index (χ2n) is 4.39. The number of anilines is 2. The van der Waals surface area contributed by atoms with Crippen molar-refractivity contribution >= 4 is 17.8 Å². The Morgan fingerprint density at radius 2 is 1.86 bits per heavy atom. The van der Waals surface area contributed by atoms with Gasteiger partial charge in [-0.1, -0.05) is 30.3 Å². The number of amides is 1. The summed E-state index contributed by atoms with van der Waals surface area (Å²) in [5, 5.41) is 0. The molecule has 6 heteroatoms. The van der Waals surface area contributed by atoms with E-state index in [1.807, 2.05) is 0 Å². The first-order chi connectivity index (χ1) is 9.93. The molecule has 2 aromatic carbocycles. The second-order valence-corrected chi connectivity index (χ2v) is 4.39. The van der Waals surface area contributed by atoms with Crippen molar-refractivity contribution in [2.45, 2.75) is 12.2 Å². The van der Waals surface area contributed by atoms with E-state index in [2.05, 4.69) is 6.07 Å². The third kappa shape index (κ3) is 3.34. The summed E-state index contributed by atoms with van der Waals surface area (Å²) in [5.41, 5.74) is 5.78. The van der Waals surface area contributed by atoms with Gasteiger partial charge in [0.25, 0.3) is 0 Å². The summed E-state index contributed by atoms with van der Waals surface area (Å²) >= 11 is 0. The van der Waals surface area contributed by atoms with E-state index < -0.39 is 12.2 Å². The van der Waals surface area contributed by atoms with Gasteiger partial charge < -0.3 is 5.73 Å². The minimum atomic E-state index is -4.62. The molecule has 0 aromatic heterocycles. The first kappa shape index (κ1) is 14.9. The number of benzene rings is 2. The molecule has 0 fully saturated rings. The van der Waals surface area contributed by atoms with Crippen LogP contribution in [0.1, 0.15) is 11.6 Å². The molecule has 0 aliphatic rings. The minimum absolute atomic E-state index is 0.0282. The fourth-order valence-electron chi connectivity index (χ4n) is 2.04. The summed E-state index contributed by atoms with van der Waals surface area (Å²) in [6.45, 7) is 0. The van der Waals surface area contributed by atoms with E-state index in [1.54, 1.807) is 6.07 Å². The maximum atomic E-state index is 13.4. The van der Waals surface area contributed by atoms with Crippen LogP contribution < -0.4 is 10.6 Å². The lowest BCUT2D eigenvalue weighted by molar-refractivity contribution is -0.153. The van der Waals surface area contributed by atoms with Crippen molar-refractivity contribution in [1.29, 1.82) is 0 Å². The Bertz CT molecular complexity index is 614. The van der Waals surface area contributed by atoms with E-state index in [-0.39, 0.29) is 23.3 Å². The summed E-state index contributed by atoms with van der Waals surface area (Å²) in [7, 11) is 0. The van der Waals surface area contributed by atoms with Crippen LogP contribution in [0.5, 0.6) is 0 Å². The zero-order valence-corrected chi connectivity index (χ0v) is 10.8. The Hall–Kier alpha value is -2.50. The van der Waals surface area contributed by atoms with Crippen LogP contribution in [0.15, 0.2) is 48.5 Å². The SMILES string of the molecule is Nc1c[c]cc(N(C=O)C(c2ccccc2)C(F)(F)F)c1. The molecule has 1 amide bonds. The number of nitrogens with two attached hydrogens (primary N) is 1. The number of nitrogens with zero attached hydrogens (tertiary/aromatic N) is 1. The van der Waals surface area contributed by atoms with Crippen LogP contribution in [-0.2, 0) is 4.79 Å². The molecule has 0 saturated carbocycles. The van der Waals surface area contributed by atoms with Gasteiger partial charge in [-0.25, -0.2) is 0 Å². The number of alkyl halides is 3. The highest BCUT2D eigenvalue weighted by molar-refractivity contribution is 5.78. The molecule has 21 heavy (non-hydrogen) atoms. The fourth-order valence-corrected chi connectivity index (χ4v) is 2.04. The smallest absolute Gasteiger partial charge is 0.399 e. The third-order valence-corrected chi connectivity index (χ3v) is 2.91. The van der Waals surface area contributed by atoms with E-state index >= 15 is 0 Å². The standard InChI is InChI=1S/C15H12F3N2O/c16-15(17,18)14(11-5-2-1-3-6-11)20(10-21)13-8-4-7-12(19)9-13/h1-3,5-10,14H,19H2. The van der Waals surface area contributed by atoms with Gasteiger partial charge in [0, 0.05) is 11.4 Å². The highest BCUT2D eigenvalue weighted by atomic mass is 19.4. The van der Waals surface area contributed by atoms with Gasteiger partial charge in [-0.15, -0.1) is 0 Å². The molecule has 109 valence electrons. The summed E-state index contributed by atoms with van der Waals surface area (Å²) in [5.74, 6) is 0. The predicted octanol–water partition coefficient (Wildman–Crippen LogP) is 3.34. The van der Waals surface area contributed by atoms with Crippen molar-refractivity contribution in [1.82, 2.24) is 0 Å². The summed E-state index contributed by atoms with van der Waals surface area (Å²) in [6.07, 6.45) is -4.47. The molecule has 0 aliphatic heterocycles. The topological polar surface area (TPSA) is 46.3 Å². The number of halogens is 3. The van der Waals surface area contributed by atoms with E-state index in [9.17, 15) is 18.0 Å². The number of carbonyl (C=O) groups excluding carboxylic acids is 1. The van der Waals surface area contributed by atoms with Gasteiger partial charge in [0.15, 0.2) is 6.04 Å². The monoisotopic (exact) mass is 293 g/mol. The number of carbonyl (C=O) groups is 1. The summed E-state index contributed by atoms with van der Waals surface area (Å²) in [4.78, 5) is 11.8. The molecular weight excluding hydrogens is 281 g/mol. The molecule has 2 rings (SSSR count). The Morgan fingerprint density at radius 1 is 1.19 bits per heavy atom. The van der Waals surface area contributed by atoms with Gasteiger partial charge in [-0.3, -0.25) is 9.69 Å². The van der Waals surface area contributed by atoms with Gasteiger partial charge in [0.05, 0.1) is 0 Å². The number of hydrogen-bond donors (Lipinski definition) is 1. The van der Waals surface area contributed by atoms with E-state index in [1.165, 1.54) is 42.5 Å². The van der Waals surface area contributed by atoms with E-state index in [4.69, 9.17) is 5.73 Å². The molecule has 0 aliphatic carbocycles. The van der Waals surface area contributed by atoms with Crippen LogP contribution in [-0.4, -0.2) is 12.6 Å². The Kier molecular flexibility index (Phi) is 4.16. The van der Waals surface area contributed by atoms with Gasteiger partial charge in [-0.05, 0) is 29.8 Å². The van der Waals surface area contributed by atoms with Crippen LogP contribution in [0.3, 0.4) is 0 Å². The van der Waals surface area contributed by atoms with Crippen molar-refractivity contribution in [3.8, 4) is 0 Å². The van der Waals surface area contributed by atoms with Crippen molar-refractivity contribution in [3.63, 3.8) is 0 Å². The van der Waals surface area contributed by atoms with Crippen LogP contribution in [0, 0.1) is 6.07 Å². The average Bonchev–Trinajstić information content (AvgIpc) is 2.44. The first-order valence-corrected chi connectivity index (χ1v) is 6.05. The number of nitrogen functional groups attached to an aromatic ring is 1. The van der Waals surface area contributed by atoms with E-state index in [0.717, 1.165) is 0 Å². The van der Waals surface area contributed by atoms with Crippen molar-refractivity contribution in [2.75, 3.05) is 10.6 Å². The van der Waals surface area contributed by atoms with Crippen LogP contribution in [0.25, 0.3) is 0 Å². The second kappa shape index (κ2) is 5.87. The van der Waals surface area contributed by atoms with Gasteiger partial charge in [-0.2, -0.15) is 13.2 Å². The van der Waals surface area contributed by atoms with E-state index in [0.29, 0.717) is 4.90 Å². The van der Waals surface area contributed by atoms with Crippen molar-refractivity contribution in [3.05, 3.63) is 60.2 Å². The molecule has 0 bridgehead atoms. The molecular formula is C15H12F3N2O. The van der Waals surface area contributed by atoms with Gasteiger partial charge in [0.2, 0.25) is 6.41 Å². The lowest BCUT2D eigenvalue weighted by atomic mass is 10.0. The first-order valence-electron chi connectivity index (χ1n) is 6.05. The molecule has 1 radical (unpaired) electrons. The van der Waals surface area contributed by atoms with Gasteiger partial charge in [0.1, 0.15) is 0 Å². The Labute approximate surface area is 119 Å². The zero-order chi connectivity index (χ0) is 15.5. The molecule has 1 unspecified atom stereocenters. The van der Waals surface area contributed by atoms with Crippen LogP contribution in [0.4, 0.5) is 24.5 Å². The quantitative estimate of drug-likeness (QED) is 0.694. The van der Waals surface area contributed by atoms with Crippen LogP contribution >= 0.6 is 0 Å². The summed E-state index contributed by atoms with van der Waals surface area (Å²) in [6, 6.07) is 11.8. The Balaban J connectivity index is 2.51. The molecule has 2 aromatic rings. The zero-order valence-electron chi connectivity index (χ0n) is 10.8. The molecule has 2 N–H and O–H groups in total. The largest absolute Gasteiger partial charge is 0.413 e. The highest BCUT2D eigenvalue weighted by Crippen LogP contribution is 2.39. The normalized spacial score (nSPS) is 12.7. The molecule has 1 atom stereocenters. The fraction of sp³-hybridized carbons (Fsp3) is 0.133. The van der Waals surface area contributed by atoms with Crippen molar-refractivity contribution < 1.29 is 18.0 Å². The molecule has 0 spiro atoms. The third-order valence-electron chi connectivity index (χ3n) is 2.91. The number of hydrogen-bond acceptors (Lipinski definition) is 2. The lowest BCUT2D eigenvalue weighted by Gasteiger charge is -2.30. The Morgan fingerprint density at radius 3 is 2.38 bits per heavy atom. The maximum Gasteiger partial charge on any atom is 0.413 e. The van der Waals surface area contributed by atoms with Crippen molar-refractivity contribution in [2.24, 2.45) is 0 Å². The van der Waals surface area contributed by atoms with Crippen LogP contribution in [0.2, 0.25) is 0 Å². The highest BCUT2D eigenvalue weighted by Gasteiger charge is 2.45. The molecule has 0 saturated heterocycles. The number of rotatable bonds is 4. The molecule has 0 heterocycles. The summed E-state index contributed by atoms with van der Waals surface area (Å²) < 4.78 is 40.2. The van der Waals surface area contributed by atoms with Gasteiger partial charge >= 0.3 is 6.18 Å². The predicted molar refractivity (Wildman–Crippen MR) is 73.5 cm³/mol. The minimum Gasteiger partial charge on any atom is -0.399 e. The maximum absolute atomic E-state index is 13.4. The lowest BCUT2D eigenvalue weighted by Crippen LogP contribution is -2.37. The molecule has 3 nitrogen and oxygen atoms in total. The average molecular weight is 293 g/mol.